The maximum Gasteiger partial charge on any atom is 0.330 e. The third kappa shape index (κ3) is 3.36. The number of para-hydroxylation sites is 2. The van der Waals surface area contributed by atoms with E-state index in [0.717, 1.165) is 27.6 Å². The molecule has 1 aliphatic heterocycles. The van der Waals surface area contributed by atoms with Gasteiger partial charge in [-0.05, 0) is 30.7 Å². The van der Waals surface area contributed by atoms with Gasteiger partial charge in [0.2, 0.25) is 0 Å². The van der Waals surface area contributed by atoms with Gasteiger partial charge in [-0.25, -0.2) is 4.79 Å². The number of fused-ring (bicyclic) bond motifs is 2. The van der Waals surface area contributed by atoms with E-state index < -0.39 is 5.97 Å². The summed E-state index contributed by atoms with van der Waals surface area (Å²) in [5.41, 5.74) is 1.62. The average Bonchev–Trinajstić information content (AvgIpc) is 2.62. The minimum atomic E-state index is -0.502. The van der Waals surface area contributed by atoms with Crippen molar-refractivity contribution in [2.24, 2.45) is 0 Å². The lowest BCUT2D eigenvalue weighted by atomic mass is 10.2. The van der Waals surface area contributed by atoms with Crippen LogP contribution in [0.1, 0.15) is 13.3 Å². The Morgan fingerprint density at radius 2 is 1.62 bits per heavy atom. The lowest BCUT2D eigenvalue weighted by Gasteiger charge is -2.30. The van der Waals surface area contributed by atoms with Gasteiger partial charge in [-0.15, -0.1) is 0 Å². The fourth-order valence-corrected chi connectivity index (χ4v) is 3.49. The van der Waals surface area contributed by atoms with Crippen molar-refractivity contribution in [2.45, 2.75) is 23.1 Å². The van der Waals surface area contributed by atoms with Gasteiger partial charge < -0.3 is 4.74 Å². The van der Waals surface area contributed by atoms with E-state index in [0.29, 0.717) is 0 Å². The summed E-state index contributed by atoms with van der Waals surface area (Å²) in [5.74, 6) is -0.772. The number of amides is 1. The summed E-state index contributed by atoms with van der Waals surface area (Å²) in [6, 6.07) is 15.4. The normalized spacial score (nSPS) is 12.6. The molecule has 2 aromatic rings. The molecule has 0 atom stereocenters. The van der Waals surface area contributed by atoms with Gasteiger partial charge in [-0.3, -0.25) is 9.69 Å². The minimum Gasteiger partial charge on any atom is -0.452 e. The Balaban J connectivity index is 1.85. The van der Waals surface area contributed by atoms with Crippen LogP contribution in [0.4, 0.5) is 11.4 Å². The van der Waals surface area contributed by atoms with Gasteiger partial charge >= 0.3 is 5.97 Å². The second-order valence-corrected chi connectivity index (χ2v) is 6.27. The van der Waals surface area contributed by atoms with Crippen LogP contribution in [-0.2, 0) is 14.3 Å². The zero-order valence-electron chi connectivity index (χ0n) is 13.3. The molecule has 1 aliphatic rings. The Kier molecular flexibility index (Phi) is 5.01. The number of allylic oxidation sites excluding steroid dienone is 1. The minimum absolute atomic E-state index is 0.270. The summed E-state index contributed by atoms with van der Waals surface area (Å²) < 4.78 is 5.07. The van der Waals surface area contributed by atoms with E-state index in [1.54, 1.807) is 22.7 Å². The molecule has 0 fully saturated rings. The molecule has 24 heavy (non-hydrogen) atoms. The lowest BCUT2D eigenvalue weighted by Crippen LogP contribution is -2.32. The Bertz CT molecular complexity index is 755. The van der Waals surface area contributed by atoms with Gasteiger partial charge in [-0.2, -0.15) is 0 Å². The van der Waals surface area contributed by atoms with Crippen LogP contribution < -0.4 is 4.90 Å². The van der Waals surface area contributed by atoms with Gasteiger partial charge in [0, 0.05) is 15.9 Å². The van der Waals surface area contributed by atoms with E-state index in [1.807, 2.05) is 55.5 Å². The maximum atomic E-state index is 12.7. The molecule has 0 saturated heterocycles. The number of ether oxygens (including phenoxy) is 1. The predicted molar refractivity (Wildman–Crippen MR) is 94.5 cm³/mol. The third-order valence-corrected chi connectivity index (χ3v) is 4.64. The van der Waals surface area contributed by atoms with Crippen molar-refractivity contribution >= 4 is 35.0 Å². The molecule has 0 unspecified atom stereocenters. The Morgan fingerprint density at radius 3 is 2.21 bits per heavy atom. The molecule has 0 bridgehead atoms. The molecule has 0 N–H and O–H groups in total. The lowest BCUT2D eigenvalue weighted by molar-refractivity contribution is -0.142. The van der Waals surface area contributed by atoms with Crippen molar-refractivity contribution < 1.29 is 14.3 Å². The molecule has 0 saturated carbocycles. The van der Waals surface area contributed by atoms with Crippen LogP contribution in [0.3, 0.4) is 0 Å². The highest BCUT2D eigenvalue weighted by molar-refractivity contribution is 7.99. The van der Waals surface area contributed by atoms with E-state index in [9.17, 15) is 9.59 Å². The molecule has 1 heterocycles. The highest BCUT2D eigenvalue weighted by Crippen LogP contribution is 2.47. The zero-order valence-corrected chi connectivity index (χ0v) is 14.1. The summed E-state index contributed by atoms with van der Waals surface area (Å²) >= 11 is 1.63. The molecule has 0 aromatic heterocycles. The van der Waals surface area contributed by atoms with E-state index in [-0.39, 0.29) is 12.5 Å². The van der Waals surface area contributed by atoms with Crippen LogP contribution in [0.5, 0.6) is 0 Å². The van der Waals surface area contributed by atoms with Crippen molar-refractivity contribution in [3.8, 4) is 0 Å². The molecule has 0 radical (unpaired) electrons. The standard InChI is InChI=1S/C19H17NO3S/c1-2-3-12-19(22)23-13-18(21)20-14-8-4-6-10-16(14)24-17-11-7-5-9-15(17)20/h3-12H,2,13H2,1H3/b12-3+. The number of hydrogen-bond donors (Lipinski definition) is 0. The summed E-state index contributed by atoms with van der Waals surface area (Å²) in [6.45, 7) is 1.63. The van der Waals surface area contributed by atoms with Gasteiger partial charge in [0.25, 0.3) is 5.91 Å². The van der Waals surface area contributed by atoms with Crippen LogP contribution in [-0.4, -0.2) is 18.5 Å². The number of anilines is 2. The van der Waals surface area contributed by atoms with Crippen molar-refractivity contribution in [3.63, 3.8) is 0 Å². The smallest absolute Gasteiger partial charge is 0.330 e. The third-order valence-electron chi connectivity index (χ3n) is 3.51. The molecule has 1 amide bonds. The second kappa shape index (κ2) is 7.36. The molecule has 0 aliphatic carbocycles. The topological polar surface area (TPSA) is 46.6 Å². The number of hydrogen-bond acceptors (Lipinski definition) is 4. The van der Waals surface area contributed by atoms with Gasteiger partial charge in [-0.1, -0.05) is 49.0 Å². The van der Waals surface area contributed by atoms with Crippen LogP contribution in [0.25, 0.3) is 0 Å². The maximum absolute atomic E-state index is 12.7. The first-order valence-corrected chi connectivity index (χ1v) is 8.54. The molecular weight excluding hydrogens is 322 g/mol. The van der Waals surface area contributed by atoms with Crippen molar-refractivity contribution in [2.75, 3.05) is 11.5 Å². The molecule has 4 nitrogen and oxygen atoms in total. The number of carbonyl (C=O) groups is 2. The second-order valence-electron chi connectivity index (χ2n) is 5.18. The van der Waals surface area contributed by atoms with Crippen LogP contribution in [0.2, 0.25) is 0 Å². The van der Waals surface area contributed by atoms with Gasteiger partial charge in [0.05, 0.1) is 11.4 Å². The van der Waals surface area contributed by atoms with Crippen molar-refractivity contribution in [1.29, 1.82) is 0 Å². The highest BCUT2D eigenvalue weighted by atomic mass is 32.2. The first-order chi connectivity index (χ1) is 11.7. The molecule has 122 valence electrons. The van der Waals surface area contributed by atoms with Crippen LogP contribution >= 0.6 is 11.8 Å². The Morgan fingerprint density at radius 1 is 1.04 bits per heavy atom. The number of esters is 1. The monoisotopic (exact) mass is 339 g/mol. The summed E-state index contributed by atoms with van der Waals surface area (Å²) in [7, 11) is 0. The van der Waals surface area contributed by atoms with E-state index in [1.165, 1.54) is 6.08 Å². The quantitative estimate of drug-likeness (QED) is 0.614. The number of carbonyl (C=O) groups excluding carboxylic acids is 2. The Hall–Kier alpha value is -2.53. The molecular formula is C19H17NO3S. The number of nitrogens with zero attached hydrogens (tertiary/aromatic N) is 1. The molecule has 0 spiro atoms. The number of benzene rings is 2. The molecule has 2 aromatic carbocycles. The van der Waals surface area contributed by atoms with E-state index in [4.69, 9.17) is 4.74 Å². The first-order valence-electron chi connectivity index (χ1n) is 7.73. The summed E-state index contributed by atoms with van der Waals surface area (Å²) in [4.78, 5) is 27.9. The SMILES string of the molecule is CC/C=C/C(=O)OCC(=O)N1c2ccccc2Sc2ccccc21. The summed E-state index contributed by atoms with van der Waals surface area (Å²) in [5, 5.41) is 0. The van der Waals surface area contributed by atoms with Crippen LogP contribution in [0.15, 0.2) is 70.5 Å². The average molecular weight is 339 g/mol. The van der Waals surface area contributed by atoms with Gasteiger partial charge in [0.15, 0.2) is 6.61 Å². The van der Waals surface area contributed by atoms with Gasteiger partial charge in [0.1, 0.15) is 0 Å². The Labute approximate surface area is 145 Å². The molecule has 3 rings (SSSR count). The predicted octanol–water partition coefficient (Wildman–Crippen LogP) is 4.33. The first kappa shape index (κ1) is 16.3. The van der Waals surface area contributed by atoms with E-state index in [2.05, 4.69) is 0 Å². The number of rotatable bonds is 4. The van der Waals surface area contributed by atoms with Crippen LogP contribution in [0, 0.1) is 0 Å². The van der Waals surface area contributed by atoms with E-state index >= 15 is 0 Å². The van der Waals surface area contributed by atoms with Crippen molar-refractivity contribution in [1.82, 2.24) is 0 Å². The summed E-state index contributed by atoms with van der Waals surface area (Å²) in [6.07, 6.45) is 3.79. The molecule has 5 heteroatoms. The zero-order chi connectivity index (χ0) is 16.9. The largest absolute Gasteiger partial charge is 0.452 e. The van der Waals surface area contributed by atoms with Crippen molar-refractivity contribution in [3.05, 3.63) is 60.7 Å². The fourth-order valence-electron chi connectivity index (χ4n) is 2.43. The fraction of sp³-hybridized carbons (Fsp3) is 0.158. The highest BCUT2D eigenvalue weighted by Gasteiger charge is 2.28.